The molecule has 0 aromatic carbocycles. The van der Waals surface area contributed by atoms with Crippen molar-refractivity contribution in [3.05, 3.63) is 23.5 Å². The Morgan fingerprint density at radius 3 is 3.14 bits per heavy atom. The molecule has 2 atom stereocenters. The number of pyridine rings is 1. The summed E-state index contributed by atoms with van der Waals surface area (Å²) >= 11 is 6.09. The molecule has 2 N–H and O–H groups in total. The molecule has 1 aliphatic rings. The fraction of sp³-hybridized carbons (Fsp3) is 0.600. The maximum Gasteiger partial charge on any atom is 0.232 e. The first-order chi connectivity index (χ1) is 10.1. The van der Waals surface area contributed by atoms with Crippen LogP contribution < -0.4 is 15.5 Å². The van der Waals surface area contributed by atoms with Gasteiger partial charge in [0, 0.05) is 13.2 Å². The zero-order chi connectivity index (χ0) is 15.2. The molecule has 6 heteroatoms. The summed E-state index contributed by atoms with van der Waals surface area (Å²) in [4.78, 5) is 18.4. The SMILES string of the molecule is CCCNC1NCCCC1C(=O)N(C)c1cccnc1Cl. The number of rotatable bonds is 5. The summed E-state index contributed by atoms with van der Waals surface area (Å²) in [5, 5.41) is 7.17. The van der Waals surface area contributed by atoms with E-state index in [1.165, 1.54) is 0 Å². The first-order valence-electron chi connectivity index (χ1n) is 7.50. The van der Waals surface area contributed by atoms with Crippen molar-refractivity contribution in [3.8, 4) is 0 Å². The van der Waals surface area contributed by atoms with Crippen molar-refractivity contribution in [2.45, 2.75) is 32.4 Å². The highest BCUT2D eigenvalue weighted by Gasteiger charge is 2.33. The molecule has 2 heterocycles. The lowest BCUT2D eigenvalue weighted by Gasteiger charge is -2.34. The van der Waals surface area contributed by atoms with Crippen molar-refractivity contribution in [3.63, 3.8) is 0 Å². The molecule has 0 bridgehead atoms. The van der Waals surface area contributed by atoms with E-state index in [0.717, 1.165) is 32.4 Å². The predicted octanol–water partition coefficient (Wildman–Crippen LogP) is 2.02. The molecular formula is C15H23ClN4O. The maximum atomic E-state index is 12.8. The predicted molar refractivity (Wildman–Crippen MR) is 85.5 cm³/mol. The molecule has 0 spiro atoms. The van der Waals surface area contributed by atoms with Crippen LogP contribution in [0.5, 0.6) is 0 Å². The zero-order valence-electron chi connectivity index (χ0n) is 12.6. The molecule has 1 amide bonds. The summed E-state index contributed by atoms with van der Waals surface area (Å²) in [5.74, 6) is -0.00252. The van der Waals surface area contributed by atoms with E-state index in [-0.39, 0.29) is 18.0 Å². The standard InChI is InChI=1S/C15H23ClN4O/c1-3-8-18-14-11(6-4-10-19-14)15(21)20(2)12-7-5-9-17-13(12)16/h5,7,9,11,14,18-19H,3-4,6,8,10H2,1-2H3. The Kier molecular flexibility index (Phi) is 5.96. The fourth-order valence-electron chi connectivity index (χ4n) is 2.66. The molecule has 2 unspecified atom stereocenters. The monoisotopic (exact) mass is 310 g/mol. The smallest absolute Gasteiger partial charge is 0.232 e. The van der Waals surface area contributed by atoms with E-state index in [1.54, 1.807) is 24.2 Å². The highest BCUT2D eigenvalue weighted by molar-refractivity contribution is 6.32. The Hall–Kier alpha value is -1.17. The van der Waals surface area contributed by atoms with E-state index in [1.807, 2.05) is 6.07 Å². The Balaban J connectivity index is 2.11. The van der Waals surface area contributed by atoms with Crippen LogP contribution in [-0.2, 0) is 4.79 Å². The summed E-state index contributed by atoms with van der Waals surface area (Å²) in [7, 11) is 1.76. The molecular weight excluding hydrogens is 288 g/mol. The molecule has 21 heavy (non-hydrogen) atoms. The number of halogens is 1. The van der Waals surface area contributed by atoms with Gasteiger partial charge in [-0.05, 0) is 44.5 Å². The van der Waals surface area contributed by atoms with E-state index in [9.17, 15) is 4.79 Å². The third kappa shape index (κ3) is 3.93. The second kappa shape index (κ2) is 7.73. The highest BCUT2D eigenvalue weighted by Crippen LogP contribution is 2.25. The van der Waals surface area contributed by atoms with Gasteiger partial charge >= 0.3 is 0 Å². The summed E-state index contributed by atoms with van der Waals surface area (Å²) < 4.78 is 0. The minimum absolute atomic E-state index is 0.0316. The molecule has 0 aliphatic carbocycles. The summed E-state index contributed by atoms with van der Waals surface area (Å²) in [6.45, 7) is 3.97. The van der Waals surface area contributed by atoms with Gasteiger partial charge in [0.1, 0.15) is 0 Å². The van der Waals surface area contributed by atoms with E-state index >= 15 is 0 Å². The average molecular weight is 311 g/mol. The molecule has 1 saturated heterocycles. The minimum atomic E-state index is -0.0772. The number of nitrogens with zero attached hydrogens (tertiary/aromatic N) is 2. The number of nitrogens with one attached hydrogen (secondary N) is 2. The average Bonchev–Trinajstić information content (AvgIpc) is 2.52. The van der Waals surface area contributed by atoms with Gasteiger partial charge in [-0.1, -0.05) is 18.5 Å². The van der Waals surface area contributed by atoms with E-state index in [2.05, 4.69) is 22.5 Å². The third-order valence-corrected chi connectivity index (χ3v) is 4.11. The normalized spacial score (nSPS) is 22.0. The van der Waals surface area contributed by atoms with Gasteiger partial charge in [0.2, 0.25) is 5.91 Å². The molecule has 1 aromatic heterocycles. The van der Waals surface area contributed by atoms with Crippen LogP contribution in [-0.4, -0.2) is 37.2 Å². The molecule has 0 saturated carbocycles. The maximum absolute atomic E-state index is 12.8. The van der Waals surface area contributed by atoms with Crippen molar-refractivity contribution < 1.29 is 4.79 Å². The summed E-state index contributed by atoms with van der Waals surface area (Å²) in [6.07, 6.45) is 4.59. The molecule has 1 aromatic rings. The lowest BCUT2D eigenvalue weighted by Crippen LogP contribution is -2.56. The van der Waals surface area contributed by atoms with Crippen molar-refractivity contribution in [2.24, 2.45) is 5.92 Å². The largest absolute Gasteiger partial charge is 0.312 e. The summed E-state index contributed by atoms with van der Waals surface area (Å²) in [5.41, 5.74) is 0.656. The topological polar surface area (TPSA) is 57.3 Å². The Labute approximate surface area is 131 Å². The van der Waals surface area contributed by atoms with Gasteiger partial charge < -0.3 is 15.5 Å². The van der Waals surface area contributed by atoms with Crippen LogP contribution >= 0.6 is 11.6 Å². The first kappa shape index (κ1) is 16.2. The Bertz CT molecular complexity index is 482. The van der Waals surface area contributed by atoms with Gasteiger partial charge in [0.25, 0.3) is 0 Å². The van der Waals surface area contributed by atoms with Crippen LogP contribution in [0, 0.1) is 5.92 Å². The van der Waals surface area contributed by atoms with Gasteiger partial charge in [-0.3, -0.25) is 4.79 Å². The molecule has 116 valence electrons. The van der Waals surface area contributed by atoms with Crippen LogP contribution in [0.25, 0.3) is 0 Å². The molecule has 2 rings (SSSR count). The van der Waals surface area contributed by atoms with Crippen LogP contribution in [0.2, 0.25) is 5.15 Å². The summed E-state index contributed by atoms with van der Waals surface area (Å²) in [6, 6.07) is 3.61. The van der Waals surface area contributed by atoms with Gasteiger partial charge in [0.15, 0.2) is 5.15 Å². The van der Waals surface area contributed by atoms with E-state index in [0.29, 0.717) is 10.8 Å². The van der Waals surface area contributed by atoms with Gasteiger partial charge in [-0.25, -0.2) is 4.98 Å². The van der Waals surface area contributed by atoms with E-state index in [4.69, 9.17) is 11.6 Å². The van der Waals surface area contributed by atoms with Crippen molar-refractivity contribution in [1.29, 1.82) is 0 Å². The van der Waals surface area contributed by atoms with Crippen LogP contribution in [0.15, 0.2) is 18.3 Å². The number of hydrogen-bond acceptors (Lipinski definition) is 4. The van der Waals surface area contributed by atoms with E-state index < -0.39 is 0 Å². The zero-order valence-corrected chi connectivity index (χ0v) is 13.4. The second-order valence-electron chi connectivity index (χ2n) is 5.35. The van der Waals surface area contributed by atoms with Gasteiger partial charge in [-0.15, -0.1) is 0 Å². The van der Waals surface area contributed by atoms with Gasteiger partial charge in [-0.2, -0.15) is 0 Å². The highest BCUT2D eigenvalue weighted by atomic mass is 35.5. The number of amides is 1. The van der Waals surface area contributed by atoms with Crippen molar-refractivity contribution >= 4 is 23.2 Å². The second-order valence-corrected chi connectivity index (χ2v) is 5.70. The Morgan fingerprint density at radius 1 is 1.62 bits per heavy atom. The Morgan fingerprint density at radius 2 is 2.43 bits per heavy atom. The number of carbonyl (C=O) groups excluding carboxylic acids is 1. The number of piperidine rings is 1. The minimum Gasteiger partial charge on any atom is -0.312 e. The number of carbonyl (C=O) groups is 1. The first-order valence-corrected chi connectivity index (χ1v) is 7.87. The van der Waals surface area contributed by atoms with Crippen molar-refractivity contribution in [2.75, 3.05) is 25.0 Å². The van der Waals surface area contributed by atoms with Crippen LogP contribution in [0.3, 0.4) is 0 Å². The van der Waals surface area contributed by atoms with Crippen LogP contribution in [0.4, 0.5) is 5.69 Å². The van der Waals surface area contributed by atoms with Crippen LogP contribution in [0.1, 0.15) is 26.2 Å². The number of anilines is 1. The van der Waals surface area contributed by atoms with Crippen molar-refractivity contribution in [1.82, 2.24) is 15.6 Å². The lowest BCUT2D eigenvalue weighted by molar-refractivity contribution is -0.124. The van der Waals surface area contributed by atoms with Gasteiger partial charge in [0.05, 0.1) is 17.8 Å². The molecule has 0 radical (unpaired) electrons. The lowest BCUT2D eigenvalue weighted by atomic mass is 9.94. The molecule has 1 fully saturated rings. The number of aromatic nitrogens is 1. The number of hydrogen-bond donors (Lipinski definition) is 2. The fourth-order valence-corrected chi connectivity index (χ4v) is 2.91. The molecule has 1 aliphatic heterocycles. The third-order valence-electron chi connectivity index (χ3n) is 3.82. The quantitative estimate of drug-likeness (QED) is 0.817. The molecule has 5 nitrogen and oxygen atoms in total.